The SMILES string of the molecule is CC12CC(N)(C(=O)Nc3nc(-c4ccc(F)c5ccccc45)cs3)C(c3ccccc31)c1ccccc12. The third-order valence-corrected chi connectivity index (χ3v) is 8.95. The molecule has 3 aliphatic rings. The molecule has 4 nitrogen and oxygen atoms in total. The van der Waals surface area contributed by atoms with Crippen molar-refractivity contribution in [3.63, 3.8) is 0 Å². The van der Waals surface area contributed by atoms with Crippen molar-refractivity contribution in [2.75, 3.05) is 5.32 Å². The van der Waals surface area contributed by atoms with Gasteiger partial charge in [0.25, 0.3) is 0 Å². The summed E-state index contributed by atoms with van der Waals surface area (Å²) in [4.78, 5) is 18.6. The van der Waals surface area contributed by atoms with Crippen molar-refractivity contribution < 1.29 is 9.18 Å². The van der Waals surface area contributed by atoms with Crippen molar-refractivity contribution in [3.8, 4) is 11.3 Å². The zero-order valence-electron chi connectivity index (χ0n) is 20.2. The summed E-state index contributed by atoms with van der Waals surface area (Å²) in [6, 6.07) is 27.2. The summed E-state index contributed by atoms with van der Waals surface area (Å²) in [5.74, 6) is -0.755. The molecular weight excluding hydrogens is 481 g/mol. The van der Waals surface area contributed by atoms with Crippen molar-refractivity contribution >= 4 is 33.1 Å². The molecule has 3 N–H and O–H groups in total. The van der Waals surface area contributed by atoms with Gasteiger partial charge < -0.3 is 11.1 Å². The van der Waals surface area contributed by atoms with Gasteiger partial charge in [-0.3, -0.25) is 4.79 Å². The van der Waals surface area contributed by atoms with Crippen molar-refractivity contribution in [1.29, 1.82) is 0 Å². The van der Waals surface area contributed by atoms with Crippen LogP contribution in [0.4, 0.5) is 9.52 Å². The molecule has 1 amide bonds. The van der Waals surface area contributed by atoms with Crippen molar-refractivity contribution in [3.05, 3.63) is 118 Å². The van der Waals surface area contributed by atoms with E-state index in [1.807, 2.05) is 35.7 Å². The van der Waals surface area contributed by atoms with Crippen molar-refractivity contribution in [2.24, 2.45) is 5.73 Å². The minimum Gasteiger partial charge on any atom is -0.317 e. The van der Waals surface area contributed by atoms with Crippen LogP contribution in [0.25, 0.3) is 22.0 Å². The summed E-state index contributed by atoms with van der Waals surface area (Å²) < 4.78 is 14.3. The van der Waals surface area contributed by atoms with Gasteiger partial charge in [0.15, 0.2) is 5.13 Å². The van der Waals surface area contributed by atoms with Gasteiger partial charge >= 0.3 is 0 Å². The molecule has 0 saturated carbocycles. The van der Waals surface area contributed by atoms with Crippen LogP contribution in [0.2, 0.25) is 0 Å². The fourth-order valence-corrected chi connectivity index (χ4v) is 7.32. The van der Waals surface area contributed by atoms with Gasteiger partial charge in [-0.05, 0) is 46.2 Å². The van der Waals surface area contributed by atoms with E-state index in [1.165, 1.54) is 28.5 Å². The van der Waals surface area contributed by atoms with Gasteiger partial charge in [-0.1, -0.05) is 79.7 Å². The highest BCUT2D eigenvalue weighted by Gasteiger charge is 2.59. The van der Waals surface area contributed by atoms with Crippen LogP contribution >= 0.6 is 11.3 Å². The van der Waals surface area contributed by atoms with Crippen LogP contribution in [0, 0.1) is 5.82 Å². The number of thiazole rings is 1. The Balaban J connectivity index is 1.26. The number of anilines is 1. The molecule has 0 radical (unpaired) electrons. The Hall–Kier alpha value is -3.87. The molecule has 0 spiro atoms. The topological polar surface area (TPSA) is 68.0 Å². The normalized spacial score (nSPS) is 23.5. The molecule has 6 heteroatoms. The Bertz CT molecular complexity index is 1680. The lowest BCUT2D eigenvalue weighted by Gasteiger charge is -2.55. The molecule has 1 heterocycles. The van der Waals surface area contributed by atoms with E-state index in [2.05, 4.69) is 48.6 Å². The Morgan fingerprint density at radius 1 is 0.946 bits per heavy atom. The fourth-order valence-electron chi connectivity index (χ4n) is 6.61. The standard InChI is InChI=1S/C31H24FN3OS/c1-30-17-31(33,27(21-10-4-6-12-23(21)30)22-11-5-7-13-24(22)30)28(36)35-29-34-26(16-37-29)20-14-15-25(32)19-9-3-2-8-18(19)20/h2-16,27H,17,33H2,1H3,(H,34,35,36). The van der Waals surface area contributed by atoms with Gasteiger partial charge in [0.05, 0.1) is 5.69 Å². The second kappa shape index (κ2) is 7.81. The number of rotatable bonds is 3. The monoisotopic (exact) mass is 505 g/mol. The largest absolute Gasteiger partial charge is 0.317 e. The zero-order chi connectivity index (χ0) is 25.4. The number of fused-ring (bicyclic) bond motifs is 2. The minimum absolute atomic E-state index is 0.238. The summed E-state index contributed by atoms with van der Waals surface area (Å²) in [7, 11) is 0. The smallest absolute Gasteiger partial charge is 0.247 e. The van der Waals surface area contributed by atoms with E-state index >= 15 is 0 Å². The highest BCUT2D eigenvalue weighted by molar-refractivity contribution is 7.14. The van der Waals surface area contributed by atoms with Crippen LogP contribution < -0.4 is 11.1 Å². The fraction of sp³-hybridized carbons (Fsp3) is 0.161. The summed E-state index contributed by atoms with van der Waals surface area (Å²) >= 11 is 1.35. The number of hydrogen-bond acceptors (Lipinski definition) is 4. The number of nitrogens with one attached hydrogen (secondary N) is 1. The van der Waals surface area contributed by atoms with E-state index in [-0.39, 0.29) is 23.1 Å². The predicted molar refractivity (Wildman–Crippen MR) is 146 cm³/mol. The van der Waals surface area contributed by atoms with Crippen molar-refractivity contribution in [2.45, 2.75) is 30.2 Å². The zero-order valence-corrected chi connectivity index (χ0v) is 21.0. The number of benzene rings is 4. The molecule has 8 rings (SSSR count). The lowest BCUT2D eigenvalue weighted by atomic mass is 9.49. The summed E-state index contributed by atoms with van der Waals surface area (Å²) in [6.07, 6.45) is 0.505. The lowest BCUT2D eigenvalue weighted by Crippen LogP contribution is -2.64. The maximum Gasteiger partial charge on any atom is 0.247 e. The highest BCUT2D eigenvalue weighted by atomic mass is 32.1. The van der Waals surface area contributed by atoms with Gasteiger partial charge in [0.1, 0.15) is 11.4 Å². The first kappa shape index (κ1) is 22.3. The average molecular weight is 506 g/mol. The van der Waals surface area contributed by atoms with E-state index in [0.717, 1.165) is 22.1 Å². The molecular formula is C31H24FN3OS. The van der Waals surface area contributed by atoms with Gasteiger partial charge in [0, 0.05) is 27.7 Å². The Morgan fingerprint density at radius 2 is 1.57 bits per heavy atom. The van der Waals surface area contributed by atoms with Gasteiger partial charge in [-0.2, -0.15) is 0 Å². The molecule has 1 unspecified atom stereocenters. The van der Waals surface area contributed by atoms with Gasteiger partial charge in [-0.25, -0.2) is 9.37 Å². The van der Waals surface area contributed by atoms with Crippen molar-refractivity contribution in [1.82, 2.24) is 4.98 Å². The first-order valence-electron chi connectivity index (χ1n) is 12.3. The van der Waals surface area contributed by atoms with Crippen LogP contribution in [0.15, 0.2) is 90.3 Å². The number of carbonyl (C=O) groups excluding carboxylic acids is 1. The van der Waals surface area contributed by atoms with E-state index in [4.69, 9.17) is 10.7 Å². The van der Waals surface area contributed by atoms with Crippen LogP contribution in [0.5, 0.6) is 0 Å². The number of carbonyl (C=O) groups is 1. The number of hydrogen-bond donors (Lipinski definition) is 2. The Morgan fingerprint density at radius 3 is 2.27 bits per heavy atom. The van der Waals surface area contributed by atoms with Crippen LogP contribution in [-0.2, 0) is 10.2 Å². The molecule has 1 atom stereocenters. The maximum absolute atomic E-state index is 14.3. The number of amides is 1. The second-order valence-electron chi connectivity index (χ2n) is 10.3. The third-order valence-electron chi connectivity index (χ3n) is 8.19. The van der Waals surface area contributed by atoms with E-state index in [1.54, 1.807) is 12.1 Å². The third kappa shape index (κ3) is 3.09. The Kier molecular flexibility index (Phi) is 4.72. The Labute approximate surface area is 218 Å². The minimum atomic E-state index is -1.13. The highest BCUT2D eigenvalue weighted by Crippen LogP contribution is 2.59. The van der Waals surface area contributed by atoms with Gasteiger partial charge in [0.2, 0.25) is 5.91 Å². The second-order valence-corrected chi connectivity index (χ2v) is 11.1. The molecule has 37 heavy (non-hydrogen) atoms. The summed E-state index contributed by atoms with van der Waals surface area (Å²) in [5, 5.41) is 6.73. The molecule has 4 aromatic carbocycles. The molecule has 182 valence electrons. The molecule has 5 aromatic rings. The van der Waals surface area contributed by atoms with E-state index in [0.29, 0.717) is 22.6 Å². The summed E-state index contributed by atoms with van der Waals surface area (Å²) in [6.45, 7) is 2.19. The number of nitrogens with two attached hydrogens (primary N) is 1. The lowest BCUT2D eigenvalue weighted by molar-refractivity contribution is -0.123. The average Bonchev–Trinajstić information content (AvgIpc) is 3.37. The maximum atomic E-state index is 14.3. The molecule has 0 saturated heterocycles. The van der Waals surface area contributed by atoms with Crippen LogP contribution in [0.3, 0.4) is 0 Å². The predicted octanol–water partition coefficient (Wildman–Crippen LogP) is 6.59. The number of nitrogens with zero attached hydrogens (tertiary/aromatic N) is 1. The molecule has 0 fully saturated rings. The molecule has 1 aromatic heterocycles. The quantitative estimate of drug-likeness (QED) is 0.291. The number of aromatic nitrogens is 1. The van der Waals surface area contributed by atoms with Gasteiger partial charge in [-0.15, -0.1) is 11.3 Å². The van der Waals surface area contributed by atoms with Crippen LogP contribution in [0.1, 0.15) is 41.5 Å². The number of halogens is 1. The first-order valence-corrected chi connectivity index (χ1v) is 13.2. The summed E-state index contributed by atoms with van der Waals surface area (Å²) in [5.41, 5.74) is 11.8. The first-order chi connectivity index (χ1) is 17.9. The van der Waals surface area contributed by atoms with Crippen LogP contribution in [-0.4, -0.2) is 16.4 Å². The van der Waals surface area contributed by atoms with E-state index < -0.39 is 5.54 Å². The molecule has 0 aliphatic heterocycles. The molecule has 2 bridgehead atoms. The van der Waals surface area contributed by atoms with E-state index in [9.17, 15) is 9.18 Å². The molecule has 3 aliphatic carbocycles.